The Balaban J connectivity index is 0.00000208. The number of ether oxygens (including phenoxy) is 3. The van der Waals surface area contributed by atoms with E-state index in [2.05, 4.69) is 20.8 Å². The SMILES string of the molecule is COc1cc(C2(O)CC3CCC2(C)C3(C)C)cc(OC)c1OC.[B]. The average Bonchev–Trinajstić information content (AvgIpc) is 2.85. The fourth-order valence-electron chi connectivity index (χ4n) is 5.03. The zero-order valence-electron chi connectivity index (χ0n) is 15.6. The van der Waals surface area contributed by atoms with Gasteiger partial charge in [-0.25, -0.2) is 0 Å². The minimum absolute atomic E-state index is 0. The normalized spacial score (nSPS) is 33.0. The van der Waals surface area contributed by atoms with Crippen LogP contribution in [-0.2, 0) is 5.60 Å². The summed E-state index contributed by atoms with van der Waals surface area (Å²) in [5.41, 5.74) is -0.0475. The van der Waals surface area contributed by atoms with Crippen molar-refractivity contribution in [1.29, 1.82) is 0 Å². The Morgan fingerprint density at radius 2 is 1.54 bits per heavy atom. The van der Waals surface area contributed by atoms with Gasteiger partial charge in [-0.1, -0.05) is 20.8 Å². The van der Waals surface area contributed by atoms with Crippen LogP contribution in [0.3, 0.4) is 0 Å². The largest absolute Gasteiger partial charge is 0.493 e. The molecule has 1 aromatic carbocycles. The number of methoxy groups -OCH3 is 3. The summed E-state index contributed by atoms with van der Waals surface area (Å²) in [7, 11) is 4.81. The highest BCUT2D eigenvalue weighted by Crippen LogP contribution is 2.72. The molecule has 0 saturated heterocycles. The Bertz CT molecular complexity index is 605. The Hall–Kier alpha value is -1.36. The molecule has 3 atom stereocenters. The first-order chi connectivity index (χ1) is 10.7. The quantitative estimate of drug-likeness (QED) is 0.860. The second kappa shape index (κ2) is 5.87. The first-order valence-corrected chi connectivity index (χ1v) is 8.28. The van der Waals surface area contributed by atoms with Crippen molar-refractivity contribution in [2.45, 2.75) is 45.6 Å². The van der Waals surface area contributed by atoms with E-state index in [1.807, 2.05) is 12.1 Å². The van der Waals surface area contributed by atoms with Crippen LogP contribution in [0.1, 0.15) is 45.6 Å². The highest BCUT2D eigenvalue weighted by Gasteiger charge is 2.68. The van der Waals surface area contributed by atoms with Gasteiger partial charge in [0.1, 0.15) is 0 Å². The maximum absolute atomic E-state index is 11.7. The highest BCUT2D eigenvalue weighted by atomic mass is 16.5. The molecule has 1 aromatic rings. The minimum atomic E-state index is -0.869. The first kappa shape index (κ1) is 19.0. The van der Waals surface area contributed by atoms with E-state index in [-0.39, 0.29) is 19.2 Å². The van der Waals surface area contributed by atoms with Gasteiger partial charge in [0.15, 0.2) is 11.5 Å². The topological polar surface area (TPSA) is 47.9 Å². The summed E-state index contributed by atoms with van der Waals surface area (Å²) in [6, 6.07) is 3.81. The molecule has 3 radical (unpaired) electrons. The Labute approximate surface area is 147 Å². The van der Waals surface area contributed by atoms with Gasteiger partial charge < -0.3 is 19.3 Å². The summed E-state index contributed by atoms with van der Waals surface area (Å²) in [4.78, 5) is 0. The summed E-state index contributed by atoms with van der Waals surface area (Å²) < 4.78 is 16.4. The number of benzene rings is 1. The van der Waals surface area contributed by atoms with Gasteiger partial charge in [-0.3, -0.25) is 0 Å². The third-order valence-electron chi connectivity index (χ3n) is 7.03. The second-order valence-corrected chi connectivity index (χ2v) is 7.77. The molecule has 5 heteroatoms. The molecule has 0 heterocycles. The van der Waals surface area contributed by atoms with Crippen molar-refractivity contribution in [2.75, 3.05) is 21.3 Å². The van der Waals surface area contributed by atoms with Crippen LogP contribution in [-0.4, -0.2) is 34.8 Å². The Kier molecular flexibility index (Phi) is 4.64. The van der Waals surface area contributed by atoms with Crippen LogP contribution < -0.4 is 14.2 Å². The van der Waals surface area contributed by atoms with Gasteiger partial charge in [0.2, 0.25) is 5.75 Å². The third-order valence-corrected chi connectivity index (χ3v) is 7.03. The lowest BCUT2D eigenvalue weighted by Gasteiger charge is -2.45. The van der Waals surface area contributed by atoms with Crippen LogP contribution in [0.4, 0.5) is 0 Å². The predicted molar refractivity (Wildman–Crippen MR) is 95.0 cm³/mol. The number of hydrogen-bond acceptors (Lipinski definition) is 4. The molecule has 0 aromatic heterocycles. The van der Waals surface area contributed by atoms with E-state index >= 15 is 0 Å². The van der Waals surface area contributed by atoms with Crippen molar-refractivity contribution in [1.82, 2.24) is 0 Å². The second-order valence-electron chi connectivity index (χ2n) is 7.77. The zero-order valence-corrected chi connectivity index (χ0v) is 15.6. The van der Waals surface area contributed by atoms with Gasteiger partial charge >= 0.3 is 0 Å². The molecule has 0 amide bonds. The van der Waals surface area contributed by atoms with E-state index in [9.17, 15) is 5.11 Å². The van der Waals surface area contributed by atoms with Crippen LogP contribution in [0, 0.1) is 16.7 Å². The lowest BCUT2D eigenvalue weighted by Crippen LogP contribution is -2.44. The molecular formula is C19H28BO4. The van der Waals surface area contributed by atoms with Gasteiger partial charge in [0, 0.05) is 13.8 Å². The lowest BCUT2D eigenvalue weighted by atomic mass is 9.62. The summed E-state index contributed by atoms with van der Waals surface area (Å²) in [5.74, 6) is 2.30. The van der Waals surface area contributed by atoms with Crippen molar-refractivity contribution in [2.24, 2.45) is 16.7 Å². The molecule has 2 aliphatic rings. The predicted octanol–water partition coefficient (Wildman–Crippen LogP) is 3.37. The van der Waals surface area contributed by atoms with Crippen molar-refractivity contribution in [3.63, 3.8) is 0 Å². The van der Waals surface area contributed by atoms with E-state index in [4.69, 9.17) is 14.2 Å². The molecule has 131 valence electrons. The molecule has 0 aliphatic heterocycles. The number of hydrogen-bond donors (Lipinski definition) is 1. The molecule has 3 rings (SSSR count). The smallest absolute Gasteiger partial charge is 0.203 e. The molecule has 4 nitrogen and oxygen atoms in total. The molecule has 1 N–H and O–H groups in total. The van der Waals surface area contributed by atoms with Crippen molar-refractivity contribution < 1.29 is 19.3 Å². The van der Waals surface area contributed by atoms with E-state index in [0.717, 1.165) is 18.4 Å². The zero-order chi connectivity index (χ0) is 17.0. The summed E-state index contributed by atoms with van der Waals surface area (Å²) in [5, 5.41) is 11.7. The van der Waals surface area contributed by atoms with E-state index in [0.29, 0.717) is 23.2 Å². The highest BCUT2D eigenvalue weighted by molar-refractivity contribution is 5.75. The fraction of sp³-hybridized carbons (Fsp3) is 0.684. The van der Waals surface area contributed by atoms with Crippen LogP contribution in [0.5, 0.6) is 17.2 Å². The molecule has 2 bridgehead atoms. The van der Waals surface area contributed by atoms with Gasteiger partial charge in [0.05, 0.1) is 26.9 Å². The average molecular weight is 331 g/mol. The summed E-state index contributed by atoms with van der Waals surface area (Å²) in [6.07, 6.45) is 3.02. The Morgan fingerprint density at radius 3 is 1.88 bits per heavy atom. The van der Waals surface area contributed by atoms with Crippen LogP contribution in [0.25, 0.3) is 0 Å². The molecular weight excluding hydrogens is 303 g/mol. The number of aliphatic hydroxyl groups is 1. The Morgan fingerprint density at radius 1 is 1.00 bits per heavy atom. The lowest BCUT2D eigenvalue weighted by molar-refractivity contribution is -0.0959. The van der Waals surface area contributed by atoms with Gasteiger partial charge in [-0.05, 0) is 48.3 Å². The van der Waals surface area contributed by atoms with E-state index < -0.39 is 5.60 Å². The maximum Gasteiger partial charge on any atom is 0.203 e. The maximum atomic E-state index is 11.7. The van der Waals surface area contributed by atoms with E-state index in [1.165, 1.54) is 6.42 Å². The molecule has 2 aliphatic carbocycles. The monoisotopic (exact) mass is 331 g/mol. The standard InChI is InChI=1S/C19H28O4.B/c1-17(2)12-7-8-18(17,3)19(20,11-12)13-9-14(21-4)16(23-6)15(10-13)22-5;/h9-10,12,20H,7-8,11H2,1-6H3;. The summed E-state index contributed by atoms with van der Waals surface area (Å²) in [6.45, 7) is 6.81. The van der Waals surface area contributed by atoms with E-state index in [1.54, 1.807) is 21.3 Å². The number of fused-ring (bicyclic) bond motifs is 2. The van der Waals surface area contributed by atoms with Crippen LogP contribution in [0.2, 0.25) is 0 Å². The first-order valence-electron chi connectivity index (χ1n) is 8.28. The van der Waals surface area contributed by atoms with Crippen molar-refractivity contribution >= 4 is 8.41 Å². The molecule has 0 spiro atoms. The van der Waals surface area contributed by atoms with Gasteiger partial charge in [-0.2, -0.15) is 0 Å². The van der Waals surface area contributed by atoms with Gasteiger partial charge in [-0.15, -0.1) is 0 Å². The third kappa shape index (κ3) is 2.10. The minimum Gasteiger partial charge on any atom is -0.493 e. The van der Waals surface area contributed by atoms with Gasteiger partial charge in [0.25, 0.3) is 0 Å². The molecule has 2 fully saturated rings. The fourth-order valence-corrected chi connectivity index (χ4v) is 5.03. The number of rotatable bonds is 4. The van der Waals surface area contributed by atoms with Crippen molar-refractivity contribution in [3.8, 4) is 17.2 Å². The molecule has 24 heavy (non-hydrogen) atoms. The summed E-state index contributed by atoms with van der Waals surface area (Å²) >= 11 is 0. The van der Waals surface area contributed by atoms with Crippen molar-refractivity contribution in [3.05, 3.63) is 17.7 Å². The van der Waals surface area contributed by atoms with Crippen LogP contribution >= 0.6 is 0 Å². The molecule has 3 unspecified atom stereocenters. The van der Waals surface area contributed by atoms with Crippen LogP contribution in [0.15, 0.2) is 12.1 Å². The molecule has 2 saturated carbocycles.